The Balaban J connectivity index is 1.97. The number of nitrogens with one attached hydrogen (secondary N) is 1. The Kier molecular flexibility index (Phi) is 3.94. The van der Waals surface area contributed by atoms with Crippen LogP contribution in [0.4, 0.5) is 0 Å². The van der Waals surface area contributed by atoms with E-state index in [9.17, 15) is 0 Å². The average molecular weight is 334 g/mol. The molecule has 20 heavy (non-hydrogen) atoms. The van der Waals surface area contributed by atoms with Crippen molar-refractivity contribution in [3.05, 3.63) is 51.8 Å². The first-order chi connectivity index (χ1) is 9.66. The lowest BCUT2D eigenvalue weighted by Crippen LogP contribution is -2.34. The average Bonchev–Trinajstić information content (AvgIpc) is 2.79. The molecule has 3 nitrogen and oxygen atoms in total. The third kappa shape index (κ3) is 2.54. The summed E-state index contributed by atoms with van der Waals surface area (Å²) in [5.74, 6) is 1.07. The van der Waals surface area contributed by atoms with E-state index in [4.69, 9.17) is 0 Å². The van der Waals surface area contributed by atoms with E-state index in [1.807, 2.05) is 11.7 Å². The molecule has 2 atom stereocenters. The third-order valence-electron chi connectivity index (χ3n) is 4.43. The lowest BCUT2D eigenvalue weighted by atomic mass is 9.77. The van der Waals surface area contributed by atoms with E-state index in [0.717, 1.165) is 17.6 Å². The van der Waals surface area contributed by atoms with Gasteiger partial charge in [-0.1, -0.05) is 28.1 Å². The van der Waals surface area contributed by atoms with E-state index < -0.39 is 0 Å². The molecule has 0 amide bonds. The summed E-state index contributed by atoms with van der Waals surface area (Å²) in [6, 6.07) is 8.70. The van der Waals surface area contributed by atoms with Gasteiger partial charge in [0.25, 0.3) is 0 Å². The van der Waals surface area contributed by atoms with Crippen molar-refractivity contribution in [2.45, 2.75) is 25.2 Å². The number of piperidine rings is 1. The number of rotatable bonds is 2. The van der Waals surface area contributed by atoms with Crippen molar-refractivity contribution < 1.29 is 0 Å². The second kappa shape index (κ2) is 5.70. The summed E-state index contributed by atoms with van der Waals surface area (Å²) in [5.41, 5.74) is 4.09. The SMILES string of the molecule is Cc1c(C2CCNCC2c2cccc(Br)c2)cnn1C. The molecule has 1 N–H and O–H groups in total. The fourth-order valence-electron chi connectivity index (χ4n) is 3.20. The summed E-state index contributed by atoms with van der Waals surface area (Å²) in [6.07, 6.45) is 3.22. The monoisotopic (exact) mass is 333 g/mol. The Labute approximate surface area is 128 Å². The van der Waals surface area contributed by atoms with E-state index in [0.29, 0.717) is 11.8 Å². The maximum absolute atomic E-state index is 4.42. The summed E-state index contributed by atoms with van der Waals surface area (Å²) < 4.78 is 3.14. The third-order valence-corrected chi connectivity index (χ3v) is 4.92. The predicted molar refractivity (Wildman–Crippen MR) is 85.1 cm³/mol. The van der Waals surface area contributed by atoms with Gasteiger partial charge in [-0.05, 0) is 49.1 Å². The molecule has 0 radical (unpaired) electrons. The Morgan fingerprint density at radius 2 is 2.20 bits per heavy atom. The Morgan fingerprint density at radius 3 is 2.90 bits per heavy atom. The van der Waals surface area contributed by atoms with Gasteiger partial charge in [0.15, 0.2) is 0 Å². The first-order valence-corrected chi connectivity index (χ1v) is 7.91. The van der Waals surface area contributed by atoms with Crippen LogP contribution in [-0.2, 0) is 7.05 Å². The molecule has 2 heterocycles. The van der Waals surface area contributed by atoms with Crippen molar-refractivity contribution in [3.63, 3.8) is 0 Å². The molecule has 3 rings (SSSR count). The molecule has 0 spiro atoms. The highest BCUT2D eigenvalue weighted by atomic mass is 79.9. The Hall–Kier alpha value is -1.13. The molecule has 1 aromatic heterocycles. The van der Waals surface area contributed by atoms with Gasteiger partial charge in [-0.25, -0.2) is 0 Å². The first-order valence-electron chi connectivity index (χ1n) is 7.11. The van der Waals surface area contributed by atoms with E-state index in [2.05, 4.69) is 63.7 Å². The van der Waals surface area contributed by atoms with Crippen molar-refractivity contribution in [2.24, 2.45) is 7.05 Å². The van der Waals surface area contributed by atoms with Gasteiger partial charge in [-0.3, -0.25) is 4.68 Å². The number of nitrogens with zero attached hydrogens (tertiary/aromatic N) is 2. The highest BCUT2D eigenvalue weighted by Gasteiger charge is 2.29. The van der Waals surface area contributed by atoms with Crippen molar-refractivity contribution >= 4 is 15.9 Å². The molecule has 0 aliphatic carbocycles. The lowest BCUT2D eigenvalue weighted by molar-refractivity contribution is 0.402. The lowest BCUT2D eigenvalue weighted by Gasteiger charge is -2.32. The second-order valence-electron chi connectivity index (χ2n) is 5.57. The van der Waals surface area contributed by atoms with Crippen LogP contribution in [-0.4, -0.2) is 22.9 Å². The zero-order valence-electron chi connectivity index (χ0n) is 11.9. The van der Waals surface area contributed by atoms with Gasteiger partial charge in [-0.15, -0.1) is 0 Å². The fraction of sp³-hybridized carbons (Fsp3) is 0.438. The molecule has 1 saturated heterocycles. The zero-order valence-corrected chi connectivity index (χ0v) is 13.5. The molecular weight excluding hydrogens is 314 g/mol. The van der Waals surface area contributed by atoms with Gasteiger partial charge >= 0.3 is 0 Å². The molecular formula is C16H20BrN3. The van der Waals surface area contributed by atoms with Crippen LogP contribution >= 0.6 is 15.9 Å². The van der Waals surface area contributed by atoms with Crippen LogP contribution in [0.1, 0.15) is 35.1 Å². The van der Waals surface area contributed by atoms with E-state index in [1.165, 1.54) is 23.2 Å². The van der Waals surface area contributed by atoms with Crippen molar-refractivity contribution in [2.75, 3.05) is 13.1 Å². The molecule has 2 unspecified atom stereocenters. The van der Waals surface area contributed by atoms with Gasteiger partial charge in [0.2, 0.25) is 0 Å². The largest absolute Gasteiger partial charge is 0.316 e. The number of aromatic nitrogens is 2. The molecule has 0 saturated carbocycles. The van der Waals surface area contributed by atoms with Crippen LogP contribution in [0.5, 0.6) is 0 Å². The second-order valence-corrected chi connectivity index (χ2v) is 6.49. The van der Waals surface area contributed by atoms with Crippen LogP contribution in [0.3, 0.4) is 0 Å². The molecule has 1 aromatic carbocycles. The van der Waals surface area contributed by atoms with Crippen LogP contribution in [0.15, 0.2) is 34.9 Å². The van der Waals surface area contributed by atoms with Gasteiger partial charge in [0.05, 0.1) is 6.20 Å². The highest BCUT2D eigenvalue weighted by Crippen LogP contribution is 2.38. The Morgan fingerprint density at radius 1 is 1.35 bits per heavy atom. The van der Waals surface area contributed by atoms with Crippen LogP contribution < -0.4 is 5.32 Å². The summed E-state index contributed by atoms with van der Waals surface area (Å²) in [5, 5.41) is 7.96. The predicted octanol–water partition coefficient (Wildman–Crippen LogP) is 3.35. The van der Waals surface area contributed by atoms with Crippen LogP contribution in [0.2, 0.25) is 0 Å². The summed E-state index contributed by atoms with van der Waals surface area (Å²) >= 11 is 3.59. The van der Waals surface area contributed by atoms with E-state index in [-0.39, 0.29) is 0 Å². The molecule has 0 bridgehead atoms. The molecule has 2 aromatic rings. The highest BCUT2D eigenvalue weighted by molar-refractivity contribution is 9.10. The normalized spacial score (nSPS) is 22.9. The van der Waals surface area contributed by atoms with Crippen LogP contribution in [0, 0.1) is 6.92 Å². The minimum atomic E-state index is 0.518. The van der Waals surface area contributed by atoms with Gasteiger partial charge in [-0.2, -0.15) is 5.10 Å². The minimum absolute atomic E-state index is 0.518. The maximum Gasteiger partial charge on any atom is 0.0527 e. The summed E-state index contributed by atoms with van der Waals surface area (Å²) in [4.78, 5) is 0. The number of hydrogen-bond donors (Lipinski definition) is 1. The zero-order chi connectivity index (χ0) is 14.1. The summed E-state index contributed by atoms with van der Waals surface area (Å²) in [6.45, 7) is 4.29. The molecule has 1 aliphatic rings. The van der Waals surface area contributed by atoms with E-state index in [1.54, 1.807) is 0 Å². The maximum atomic E-state index is 4.42. The van der Waals surface area contributed by atoms with Crippen molar-refractivity contribution in [3.8, 4) is 0 Å². The standard InChI is InChI=1S/C16H20BrN3/c1-11-15(10-19-20(11)2)14-6-7-18-9-16(14)12-4-3-5-13(17)8-12/h3-5,8,10,14,16,18H,6-7,9H2,1-2H3. The number of benzene rings is 1. The Bertz CT molecular complexity index is 606. The van der Waals surface area contributed by atoms with E-state index >= 15 is 0 Å². The molecule has 4 heteroatoms. The van der Waals surface area contributed by atoms with Gasteiger partial charge < -0.3 is 5.32 Å². The van der Waals surface area contributed by atoms with Crippen molar-refractivity contribution in [1.29, 1.82) is 0 Å². The number of halogens is 1. The first kappa shape index (κ1) is 13.8. The smallest absolute Gasteiger partial charge is 0.0527 e. The van der Waals surface area contributed by atoms with Crippen molar-refractivity contribution in [1.82, 2.24) is 15.1 Å². The fourth-order valence-corrected chi connectivity index (χ4v) is 3.61. The molecule has 1 fully saturated rings. The quantitative estimate of drug-likeness (QED) is 0.913. The summed E-state index contributed by atoms with van der Waals surface area (Å²) in [7, 11) is 2.02. The van der Waals surface area contributed by atoms with Gasteiger partial charge in [0.1, 0.15) is 0 Å². The topological polar surface area (TPSA) is 29.9 Å². The molecule has 106 valence electrons. The van der Waals surface area contributed by atoms with Gasteiger partial charge in [0, 0.05) is 29.7 Å². The number of aryl methyl sites for hydroxylation is 1. The molecule has 1 aliphatic heterocycles. The van der Waals surface area contributed by atoms with Crippen LogP contribution in [0.25, 0.3) is 0 Å². The minimum Gasteiger partial charge on any atom is -0.316 e. The number of hydrogen-bond acceptors (Lipinski definition) is 2.